The molecular weight excluding hydrogens is 252 g/mol. The number of nitrogens with zero attached hydrogens (tertiary/aromatic N) is 1. The lowest BCUT2D eigenvalue weighted by molar-refractivity contribution is 0.0698. The second kappa shape index (κ2) is 6.52. The third-order valence-corrected chi connectivity index (χ3v) is 2.97. The van der Waals surface area contributed by atoms with Crippen LogP contribution in [0.2, 0.25) is 0 Å². The number of benzene rings is 2. The van der Waals surface area contributed by atoms with Gasteiger partial charge in [-0.05, 0) is 17.7 Å². The van der Waals surface area contributed by atoms with Crippen LogP contribution >= 0.6 is 0 Å². The minimum absolute atomic E-state index is 0.153. The fourth-order valence-corrected chi connectivity index (χ4v) is 1.83. The zero-order valence-electron chi connectivity index (χ0n) is 11.2. The van der Waals surface area contributed by atoms with Crippen LogP contribution in [0.4, 0.5) is 5.69 Å². The Morgan fingerprint density at radius 3 is 2.50 bits per heavy atom. The van der Waals surface area contributed by atoms with Gasteiger partial charge in [0.15, 0.2) is 0 Å². The molecule has 0 amide bonds. The van der Waals surface area contributed by atoms with Crippen molar-refractivity contribution < 1.29 is 9.90 Å². The van der Waals surface area contributed by atoms with Gasteiger partial charge in [-0.2, -0.15) is 5.10 Å². The van der Waals surface area contributed by atoms with Crippen LogP contribution in [-0.2, 0) is 0 Å². The molecule has 2 aromatic rings. The standard InChI is InChI=1S/C16H16N2O2/c1-12(13-7-3-2-4-8-13)11-17-18-15-10-6-5-9-14(15)16(19)20/h2-12,18H,1H3,(H,19,20). The summed E-state index contributed by atoms with van der Waals surface area (Å²) in [6.45, 7) is 2.03. The average Bonchev–Trinajstić information content (AvgIpc) is 2.48. The molecule has 0 aliphatic rings. The molecule has 2 rings (SSSR count). The number of carbonyl (C=O) groups is 1. The van der Waals surface area contributed by atoms with Crippen molar-refractivity contribution in [3.05, 3.63) is 65.7 Å². The second-order valence-corrected chi connectivity index (χ2v) is 4.44. The Bertz CT molecular complexity index is 609. The summed E-state index contributed by atoms with van der Waals surface area (Å²) >= 11 is 0. The normalized spacial score (nSPS) is 12.2. The number of para-hydroxylation sites is 1. The second-order valence-electron chi connectivity index (χ2n) is 4.44. The minimum atomic E-state index is -0.973. The van der Waals surface area contributed by atoms with Crippen LogP contribution in [0.3, 0.4) is 0 Å². The molecule has 0 aliphatic heterocycles. The van der Waals surface area contributed by atoms with Crippen LogP contribution in [0, 0.1) is 0 Å². The summed E-state index contributed by atoms with van der Waals surface area (Å²) in [6, 6.07) is 16.7. The number of hydrazone groups is 1. The molecule has 4 heteroatoms. The van der Waals surface area contributed by atoms with Crippen molar-refractivity contribution >= 4 is 17.9 Å². The first kappa shape index (κ1) is 13.8. The maximum atomic E-state index is 11.0. The van der Waals surface area contributed by atoms with Gasteiger partial charge in [-0.3, -0.25) is 5.43 Å². The van der Waals surface area contributed by atoms with Crippen LogP contribution in [0.1, 0.15) is 28.8 Å². The maximum absolute atomic E-state index is 11.0. The molecule has 0 saturated heterocycles. The minimum Gasteiger partial charge on any atom is -0.478 e. The van der Waals surface area contributed by atoms with E-state index in [4.69, 9.17) is 5.11 Å². The summed E-state index contributed by atoms with van der Waals surface area (Å²) in [5.74, 6) is -0.819. The Balaban J connectivity index is 2.05. The van der Waals surface area contributed by atoms with E-state index in [1.807, 2.05) is 37.3 Å². The molecule has 0 aromatic heterocycles. The lowest BCUT2D eigenvalue weighted by atomic mass is 10.0. The highest BCUT2D eigenvalue weighted by molar-refractivity contribution is 5.94. The third kappa shape index (κ3) is 3.45. The lowest BCUT2D eigenvalue weighted by Gasteiger charge is -2.07. The molecule has 0 spiro atoms. The average molecular weight is 268 g/mol. The Hall–Kier alpha value is -2.62. The molecule has 1 atom stereocenters. The molecular formula is C16H16N2O2. The zero-order valence-corrected chi connectivity index (χ0v) is 11.2. The van der Waals surface area contributed by atoms with Gasteiger partial charge < -0.3 is 5.11 Å². The van der Waals surface area contributed by atoms with Crippen LogP contribution < -0.4 is 5.43 Å². The number of nitrogens with one attached hydrogen (secondary N) is 1. The van der Waals surface area contributed by atoms with Gasteiger partial charge in [-0.15, -0.1) is 0 Å². The van der Waals surface area contributed by atoms with E-state index in [0.717, 1.165) is 5.56 Å². The highest BCUT2D eigenvalue weighted by Gasteiger charge is 2.07. The van der Waals surface area contributed by atoms with E-state index in [1.165, 1.54) is 0 Å². The summed E-state index contributed by atoms with van der Waals surface area (Å²) < 4.78 is 0. The van der Waals surface area contributed by atoms with Gasteiger partial charge in [0.25, 0.3) is 0 Å². The van der Waals surface area contributed by atoms with Crippen LogP contribution in [0.5, 0.6) is 0 Å². The van der Waals surface area contributed by atoms with Crippen molar-refractivity contribution in [2.75, 3.05) is 5.43 Å². The predicted molar refractivity (Wildman–Crippen MR) is 80.4 cm³/mol. The first-order valence-corrected chi connectivity index (χ1v) is 6.35. The zero-order chi connectivity index (χ0) is 14.4. The number of carboxylic acids is 1. The molecule has 0 radical (unpaired) electrons. The molecule has 0 aliphatic carbocycles. The number of carboxylic acid groups (broad SMARTS) is 1. The van der Waals surface area contributed by atoms with Gasteiger partial charge in [-0.25, -0.2) is 4.79 Å². The van der Waals surface area contributed by atoms with Crippen LogP contribution in [0.25, 0.3) is 0 Å². The Morgan fingerprint density at radius 2 is 1.80 bits per heavy atom. The highest BCUT2D eigenvalue weighted by atomic mass is 16.4. The molecule has 1 unspecified atom stereocenters. The molecule has 2 N–H and O–H groups in total. The molecule has 102 valence electrons. The Labute approximate surface area is 117 Å². The number of rotatable bonds is 5. The summed E-state index contributed by atoms with van der Waals surface area (Å²) in [4.78, 5) is 11.0. The van der Waals surface area contributed by atoms with Crippen molar-refractivity contribution in [3.8, 4) is 0 Å². The fraction of sp³-hybridized carbons (Fsp3) is 0.125. The van der Waals surface area contributed by atoms with Gasteiger partial charge in [0.1, 0.15) is 0 Å². The van der Waals surface area contributed by atoms with E-state index in [0.29, 0.717) is 5.69 Å². The molecule has 0 bridgehead atoms. The van der Waals surface area contributed by atoms with Gasteiger partial charge >= 0.3 is 5.97 Å². The van der Waals surface area contributed by atoms with Gasteiger partial charge in [0.2, 0.25) is 0 Å². The number of hydrogen-bond acceptors (Lipinski definition) is 3. The number of aromatic carboxylic acids is 1. The van der Waals surface area contributed by atoms with Crippen LogP contribution in [0.15, 0.2) is 59.7 Å². The predicted octanol–water partition coefficient (Wildman–Crippen LogP) is 3.59. The van der Waals surface area contributed by atoms with E-state index in [-0.39, 0.29) is 11.5 Å². The lowest BCUT2D eigenvalue weighted by Crippen LogP contribution is -2.03. The molecule has 2 aromatic carbocycles. The SMILES string of the molecule is CC(C=NNc1ccccc1C(=O)O)c1ccccc1. The molecule has 0 heterocycles. The topological polar surface area (TPSA) is 61.7 Å². The van der Waals surface area contributed by atoms with Crippen molar-refractivity contribution in [3.63, 3.8) is 0 Å². The Kier molecular flexibility index (Phi) is 4.50. The van der Waals surface area contributed by atoms with E-state index in [9.17, 15) is 4.79 Å². The van der Waals surface area contributed by atoms with E-state index in [2.05, 4.69) is 10.5 Å². The van der Waals surface area contributed by atoms with Crippen molar-refractivity contribution in [1.82, 2.24) is 0 Å². The van der Waals surface area contributed by atoms with Gasteiger partial charge in [0.05, 0.1) is 11.3 Å². The monoisotopic (exact) mass is 268 g/mol. The highest BCUT2D eigenvalue weighted by Crippen LogP contribution is 2.16. The molecule has 20 heavy (non-hydrogen) atoms. The van der Waals surface area contributed by atoms with Crippen molar-refractivity contribution in [2.24, 2.45) is 5.10 Å². The maximum Gasteiger partial charge on any atom is 0.337 e. The molecule has 4 nitrogen and oxygen atoms in total. The quantitative estimate of drug-likeness (QED) is 0.643. The first-order chi connectivity index (χ1) is 9.68. The van der Waals surface area contributed by atoms with E-state index >= 15 is 0 Å². The number of hydrogen-bond donors (Lipinski definition) is 2. The smallest absolute Gasteiger partial charge is 0.337 e. The van der Waals surface area contributed by atoms with Gasteiger partial charge in [0, 0.05) is 12.1 Å². The first-order valence-electron chi connectivity index (χ1n) is 6.35. The fourth-order valence-electron chi connectivity index (χ4n) is 1.83. The van der Waals surface area contributed by atoms with Crippen LogP contribution in [-0.4, -0.2) is 17.3 Å². The summed E-state index contributed by atoms with van der Waals surface area (Å²) in [7, 11) is 0. The Morgan fingerprint density at radius 1 is 1.15 bits per heavy atom. The largest absolute Gasteiger partial charge is 0.478 e. The third-order valence-electron chi connectivity index (χ3n) is 2.97. The molecule has 0 saturated carbocycles. The number of anilines is 1. The van der Waals surface area contributed by atoms with E-state index in [1.54, 1.807) is 30.5 Å². The summed E-state index contributed by atoms with van der Waals surface area (Å²) in [5, 5.41) is 13.2. The molecule has 0 fully saturated rings. The van der Waals surface area contributed by atoms with Crippen molar-refractivity contribution in [1.29, 1.82) is 0 Å². The van der Waals surface area contributed by atoms with Crippen molar-refractivity contribution in [2.45, 2.75) is 12.8 Å². The van der Waals surface area contributed by atoms with E-state index < -0.39 is 5.97 Å². The summed E-state index contributed by atoms with van der Waals surface area (Å²) in [6.07, 6.45) is 1.76. The summed E-state index contributed by atoms with van der Waals surface area (Å²) in [5.41, 5.74) is 4.63. The van der Waals surface area contributed by atoms with Gasteiger partial charge in [-0.1, -0.05) is 49.4 Å².